The lowest BCUT2D eigenvalue weighted by molar-refractivity contribution is 0.475. The van der Waals surface area contributed by atoms with Crippen molar-refractivity contribution in [3.8, 4) is 5.75 Å². The van der Waals surface area contributed by atoms with Gasteiger partial charge in [-0.3, -0.25) is 0 Å². The van der Waals surface area contributed by atoms with Gasteiger partial charge >= 0.3 is 0 Å². The van der Waals surface area contributed by atoms with Crippen molar-refractivity contribution >= 4 is 11.8 Å². The monoisotopic (exact) mass is 230 g/mol. The van der Waals surface area contributed by atoms with Gasteiger partial charge in [-0.05, 0) is 48.4 Å². The molecule has 2 rings (SSSR count). The van der Waals surface area contributed by atoms with Crippen molar-refractivity contribution in [2.45, 2.75) is 23.1 Å². The quantitative estimate of drug-likeness (QED) is 0.856. The smallest absolute Gasteiger partial charge is 0.115 e. The molecule has 0 aliphatic heterocycles. The Balaban J connectivity index is 2.16. The standard InChI is InChI=1S/C14H14OS/c1-2-11-4-3-5-14(10-11)16-13-8-6-12(15)7-9-13/h3-10,15H,2H2,1H3. The van der Waals surface area contributed by atoms with Crippen LogP contribution in [-0.4, -0.2) is 5.11 Å². The highest BCUT2D eigenvalue weighted by molar-refractivity contribution is 7.99. The predicted octanol–water partition coefficient (Wildman–Crippen LogP) is 4.11. The highest BCUT2D eigenvalue weighted by Crippen LogP contribution is 2.29. The van der Waals surface area contributed by atoms with Crippen LogP contribution in [0.5, 0.6) is 5.75 Å². The first-order valence-corrected chi connectivity index (χ1v) is 6.15. The Bertz CT molecular complexity index is 462. The fourth-order valence-electron chi connectivity index (χ4n) is 1.48. The van der Waals surface area contributed by atoms with Crippen molar-refractivity contribution in [2.24, 2.45) is 0 Å². The minimum Gasteiger partial charge on any atom is -0.508 e. The van der Waals surface area contributed by atoms with Crippen molar-refractivity contribution in [2.75, 3.05) is 0 Å². The summed E-state index contributed by atoms with van der Waals surface area (Å²) in [5.41, 5.74) is 1.35. The van der Waals surface area contributed by atoms with Gasteiger partial charge in [0.1, 0.15) is 5.75 Å². The molecule has 1 N–H and O–H groups in total. The van der Waals surface area contributed by atoms with Crippen LogP contribution in [0.2, 0.25) is 0 Å². The maximum absolute atomic E-state index is 9.20. The summed E-state index contributed by atoms with van der Waals surface area (Å²) < 4.78 is 0. The van der Waals surface area contributed by atoms with Crippen LogP contribution in [0.15, 0.2) is 58.3 Å². The minimum atomic E-state index is 0.312. The normalized spacial score (nSPS) is 10.3. The zero-order chi connectivity index (χ0) is 11.4. The maximum Gasteiger partial charge on any atom is 0.115 e. The van der Waals surface area contributed by atoms with Gasteiger partial charge in [0.25, 0.3) is 0 Å². The molecule has 0 saturated carbocycles. The van der Waals surface area contributed by atoms with Crippen LogP contribution >= 0.6 is 11.8 Å². The Hall–Kier alpha value is -1.41. The van der Waals surface area contributed by atoms with Gasteiger partial charge in [-0.15, -0.1) is 0 Å². The molecule has 0 unspecified atom stereocenters. The van der Waals surface area contributed by atoms with Crippen LogP contribution in [0, 0.1) is 0 Å². The predicted molar refractivity (Wildman–Crippen MR) is 68.0 cm³/mol. The summed E-state index contributed by atoms with van der Waals surface area (Å²) >= 11 is 1.71. The van der Waals surface area contributed by atoms with Crippen molar-refractivity contribution in [1.82, 2.24) is 0 Å². The second-order valence-corrected chi connectivity index (χ2v) is 4.74. The third-order valence-corrected chi connectivity index (χ3v) is 3.38. The molecule has 0 aliphatic rings. The van der Waals surface area contributed by atoms with Gasteiger partial charge in [0.2, 0.25) is 0 Å². The van der Waals surface area contributed by atoms with E-state index < -0.39 is 0 Å². The molecular weight excluding hydrogens is 216 g/mol. The molecular formula is C14H14OS. The van der Waals surface area contributed by atoms with E-state index in [0.717, 1.165) is 11.3 Å². The maximum atomic E-state index is 9.20. The Labute approximate surface area is 100 Å². The second kappa shape index (κ2) is 5.08. The highest BCUT2D eigenvalue weighted by Gasteiger charge is 1.98. The Morgan fingerprint density at radius 3 is 2.44 bits per heavy atom. The number of benzene rings is 2. The SMILES string of the molecule is CCc1cccc(Sc2ccc(O)cc2)c1. The van der Waals surface area contributed by atoms with E-state index in [1.54, 1.807) is 23.9 Å². The van der Waals surface area contributed by atoms with Gasteiger partial charge in [0.15, 0.2) is 0 Å². The summed E-state index contributed by atoms with van der Waals surface area (Å²) in [7, 11) is 0. The van der Waals surface area contributed by atoms with Crippen LogP contribution < -0.4 is 0 Å². The molecule has 0 aromatic heterocycles. The average molecular weight is 230 g/mol. The van der Waals surface area contributed by atoms with Crippen molar-refractivity contribution < 1.29 is 5.11 Å². The first-order chi connectivity index (χ1) is 7.78. The Morgan fingerprint density at radius 2 is 1.75 bits per heavy atom. The van der Waals surface area contributed by atoms with Crippen LogP contribution in [0.4, 0.5) is 0 Å². The number of phenolic OH excluding ortho intramolecular Hbond substituents is 1. The molecule has 0 amide bonds. The molecule has 82 valence electrons. The fourth-order valence-corrected chi connectivity index (χ4v) is 2.38. The van der Waals surface area contributed by atoms with Gasteiger partial charge in [0, 0.05) is 9.79 Å². The molecule has 0 bridgehead atoms. The zero-order valence-corrected chi connectivity index (χ0v) is 10.00. The van der Waals surface area contributed by atoms with E-state index in [9.17, 15) is 5.11 Å². The summed E-state index contributed by atoms with van der Waals surface area (Å²) in [6.45, 7) is 2.16. The topological polar surface area (TPSA) is 20.2 Å². The van der Waals surface area contributed by atoms with Crippen LogP contribution in [-0.2, 0) is 6.42 Å². The summed E-state index contributed by atoms with van der Waals surface area (Å²) in [5.74, 6) is 0.312. The highest BCUT2D eigenvalue weighted by atomic mass is 32.2. The lowest BCUT2D eigenvalue weighted by Crippen LogP contribution is -1.80. The molecule has 16 heavy (non-hydrogen) atoms. The molecule has 2 aromatic rings. The number of aryl methyl sites for hydroxylation is 1. The summed E-state index contributed by atoms with van der Waals surface area (Å²) in [5, 5.41) is 9.20. The van der Waals surface area contributed by atoms with E-state index in [-0.39, 0.29) is 0 Å². The largest absolute Gasteiger partial charge is 0.508 e. The number of phenols is 1. The molecule has 0 heterocycles. The van der Waals surface area contributed by atoms with E-state index in [0.29, 0.717) is 5.75 Å². The fraction of sp³-hybridized carbons (Fsp3) is 0.143. The zero-order valence-electron chi connectivity index (χ0n) is 9.18. The number of hydrogen-bond acceptors (Lipinski definition) is 2. The van der Waals surface area contributed by atoms with Crippen molar-refractivity contribution in [3.05, 3.63) is 54.1 Å². The molecule has 0 spiro atoms. The van der Waals surface area contributed by atoms with Crippen LogP contribution in [0.1, 0.15) is 12.5 Å². The summed E-state index contributed by atoms with van der Waals surface area (Å²) in [4.78, 5) is 2.39. The number of aromatic hydroxyl groups is 1. The molecule has 0 atom stereocenters. The van der Waals surface area contributed by atoms with Crippen LogP contribution in [0.25, 0.3) is 0 Å². The number of hydrogen-bond donors (Lipinski definition) is 1. The first-order valence-electron chi connectivity index (χ1n) is 5.34. The van der Waals surface area contributed by atoms with Gasteiger partial charge in [-0.25, -0.2) is 0 Å². The minimum absolute atomic E-state index is 0.312. The molecule has 0 aliphatic carbocycles. The number of rotatable bonds is 3. The summed E-state index contributed by atoms with van der Waals surface area (Å²) in [6, 6.07) is 15.8. The van der Waals surface area contributed by atoms with Crippen molar-refractivity contribution in [3.63, 3.8) is 0 Å². The third kappa shape index (κ3) is 2.80. The Kier molecular flexibility index (Phi) is 3.52. The lowest BCUT2D eigenvalue weighted by Gasteiger charge is -2.03. The molecule has 1 nitrogen and oxygen atoms in total. The van der Waals surface area contributed by atoms with Crippen molar-refractivity contribution in [1.29, 1.82) is 0 Å². The van der Waals surface area contributed by atoms with E-state index in [1.165, 1.54) is 10.5 Å². The van der Waals surface area contributed by atoms with E-state index in [4.69, 9.17) is 0 Å². The lowest BCUT2D eigenvalue weighted by atomic mass is 10.2. The van der Waals surface area contributed by atoms with Gasteiger partial charge in [-0.1, -0.05) is 30.8 Å². The van der Waals surface area contributed by atoms with Gasteiger partial charge < -0.3 is 5.11 Å². The van der Waals surface area contributed by atoms with Crippen LogP contribution in [0.3, 0.4) is 0 Å². The Morgan fingerprint density at radius 1 is 1.00 bits per heavy atom. The molecule has 2 aromatic carbocycles. The third-order valence-electron chi connectivity index (χ3n) is 2.38. The molecule has 0 fully saturated rings. The molecule has 0 radical (unpaired) electrons. The van der Waals surface area contributed by atoms with Gasteiger partial charge in [0.05, 0.1) is 0 Å². The molecule has 0 saturated heterocycles. The van der Waals surface area contributed by atoms with Gasteiger partial charge in [-0.2, -0.15) is 0 Å². The molecule has 2 heteroatoms. The second-order valence-electron chi connectivity index (χ2n) is 3.60. The van der Waals surface area contributed by atoms with E-state index in [2.05, 4.69) is 31.2 Å². The summed E-state index contributed by atoms with van der Waals surface area (Å²) in [6.07, 6.45) is 1.06. The average Bonchev–Trinajstić information content (AvgIpc) is 2.32. The van der Waals surface area contributed by atoms with E-state index in [1.807, 2.05) is 12.1 Å². The van der Waals surface area contributed by atoms with E-state index >= 15 is 0 Å². The first kappa shape index (κ1) is 11.1.